The molecule has 0 bridgehead atoms. The lowest BCUT2D eigenvalue weighted by molar-refractivity contribution is 0.128. The molecule has 0 spiro atoms. The number of rotatable bonds is 3. The minimum atomic E-state index is -2.38. The smallest absolute Gasteiger partial charge is 0.240 e. The van der Waals surface area contributed by atoms with E-state index in [1.54, 1.807) is 25.1 Å². The van der Waals surface area contributed by atoms with Gasteiger partial charge in [-0.25, -0.2) is 8.78 Å². The molecule has 0 fully saturated rings. The Bertz CT molecular complexity index is 276. The zero-order chi connectivity index (χ0) is 9.84. The fourth-order valence-electron chi connectivity index (χ4n) is 1.08. The van der Waals surface area contributed by atoms with Crippen molar-refractivity contribution in [2.75, 3.05) is 0 Å². The van der Waals surface area contributed by atoms with Crippen LogP contribution >= 0.6 is 0 Å². The number of aryl methyl sites for hydroxylation is 1. The van der Waals surface area contributed by atoms with Crippen LogP contribution < -0.4 is 5.73 Å². The molecule has 0 saturated heterocycles. The van der Waals surface area contributed by atoms with Crippen molar-refractivity contribution in [3.8, 4) is 0 Å². The number of pyridine rings is 1. The monoisotopic (exact) mass is 186 g/mol. The molecule has 4 heteroatoms. The van der Waals surface area contributed by atoms with Gasteiger partial charge in [0.05, 0.1) is 11.7 Å². The second kappa shape index (κ2) is 4.28. The van der Waals surface area contributed by atoms with Crippen LogP contribution in [0.5, 0.6) is 0 Å². The number of hydrogen-bond acceptors (Lipinski definition) is 2. The molecule has 13 heavy (non-hydrogen) atoms. The van der Waals surface area contributed by atoms with Gasteiger partial charge in [-0.05, 0) is 19.1 Å². The third-order valence-electron chi connectivity index (χ3n) is 1.72. The van der Waals surface area contributed by atoms with Crippen LogP contribution in [0.15, 0.2) is 18.2 Å². The van der Waals surface area contributed by atoms with Crippen LogP contribution in [0.2, 0.25) is 0 Å². The normalized spacial score (nSPS) is 13.3. The molecule has 1 aromatic heterocycles. The topological polar surface area (TPSA) is 38.9 Å². The third kappa shape index (κ3) is 3.06. The number of alkyl halides is 2. The van der Waals surface area contributed by atoms with E-state index in [0.717, 1.165) is 5.69 Å². The molecular formula is C9H12F2N2. The van der Waals surface area contributed by atoms with E-state index in [1.807, 2.05) is 0 Å². The molecule has 1 atom stereocenters. The van der Waals surface area contributed by atoms with Gasteiger partial charge in [-0.1, -0.05) is 6.07 Å². The van der Waals surface area contributed by atoms with Crippen molar-refractivity contribution < 1.29 is 8.78 Å². The second-order valence-corrected chi connectivity index (χ2v) is 2.94. The van der Waals surface area contributed by atoms with E-state index in [4.69, 9.17) is 5.73 Å². The second-order valence-electron chi connectivity index (χ2n) is 2.94. The maximum Gasteiger partial charge on any atom is 0.240 e. The molecule has 0 aliphatic rings. The molecule has 72 valence electrons. The molecular weight excluding hydrogens is 174 g/mol. The molecule has 2 nitrogen and oxygen atoms in total. The maximum atomic E-state index is 12.0. The van der Waals surface area contributed by atoms with Crippen LogP contribution in [0.3, 0.4) is 0 Å². The fraction of sp³-hybridized carbons (Fsp3) is 0.444. The number of nitrogens with zero attached hydrogens (tertiary/aromatic N) is 1. The summed E-state index contributed by atoms with van der Waals surface area (Å²) in [7, 11) is 0. The Balaban J connectivity index is 2.71. The van der Waals surface area contributed by atoms with Gasteiger partial charge in [0.1, 0.15) is 0 Å². The largest absolute Gasteiger partial charge is 0.322 e. The van der Waals surface area contributed by atoms with E-state index >= 15 is 0 Å². The molecule has 1 rings (SSSR count). The minimum Gasteiger partial charge on any atom is -0.322 e. The fourth-order valence-corrected chi connectivity index (χ4v) is 1.08. The SMILES string of the molecule is Cc1cccc([C@@H](N)CC(F)F)n1. The first-order valence-corrected chi connectivity index (χ1v) is 4.07. The van der Waals surface area contributed by atoms with E-state index in [2.05, 4.69) is 4.98 Å². The van der Waals surface area contributed by atoms with Crippen molar-refractivity contribution in [2.45, 2.75) is 25.8 Å². The van der Waals surface area contributed by atoms with Crippen LogP contribution in [-0.4, -0.2) is 11.4 Å². The molecule has 0 unspecified atom stereocenters. The standard InChI is InChI=1S/C9H12F2N2/c1-6-3-2-4-8(13-6)7(12)5-9(10)11/h2-4,7,9H,5,12H2,1H3/t7-/m0/s1. The number of nitrogens with two attached hydrogens (primary N) is 1. The van der Waals surface area contributed by atoms with Gasteiger partial charge in [-0.2, -0.15) is 0 Å². The van der Waals surface area contributed by atoms with Crippen molar-refractivity contribution in [2.24, 2.45) is 5.73 Å². The lowest BCUT2D eigenvalue weighted by Gasteiger charge is -2.10. The van der Waals surface area contributed by atoms with E-state index in [1.165, 1.54) is 0 Å². The van der Waals surface area contributed by atoms with E-state index < -0.39 is 12.5 Å². The average Bonchev–Trinajstić information content (AvgIpc) is 2.03. The molecule has 0 aliphatic carbocycles. The van der Waals surface area contributed by atoms with Gasteiger partial charge in [-0.15, -0.1) is 0 Å². The van der Waals surface area contributed by atoms with Gasteiger partial charge in [0.25, 0.3) is 0 Å². The third-order valence-corrected chi connectivity index (χ3v) is 1.72. The first-order valence-electron chi connectivity index (χ1n) is 4.07. The van der Waals surface area contributed by atoms with Crippen molar-refractivity contribution in [3.63, 3.8) is 0 Å². The van der Waals surface area contributed by atoms with Crippen molar-refractivity contribution >= 4 is 0 Å². The zero-order valence-electron chi connectivity index (χ0n) is 7.37. The van der Waals surface area contributed by atoms with Crippen LogP contribution in [-0.2, 0) is 0 Å². The molecule has 0 aromatic carbocycles. The Morgan fingerprint density at radius 2 is 2.15 bits per heavy atom. The van der Waals surface area contributed by atoms with Gasteiger partial charge < -0.3 is 5.73 Å². The Morgan fingerprint density at radius 3 is 2.69 bits per heavy atom. The van der Waals surface area contributed by atoms with Gasteiger partial charge in [0.2, 0.25) is 6.43 Å². The number of aromatic nitrogens is 1. The van der Waals surface area contributed by atoms with Gasteiger partial charge in [0.15, 0.2) is 0 Å². The molecule has 0 amide bonds. The first kappa shape index (κ1) is 10.1. The van der Waals surface area contributed by atoms with Gasteiger partial charge in [-0.3, -0.25) is 4.98 Å². The highest BCUT2D eigenvalue weighted by molar-refractivity contribution is 5.12. The summed E-state index contributed by atoms with van der Waals surface area (Å²) in [5, 5.41) is 0. The maximum absolute atomic E-state index is 12.0. The van der Waals surface area contributed by atoms with Crippen LogP contribution in [0.25, 0.3) is 0 Å². The summed E-state index contributed by atoms with van der Waals surface area (Å²) in [4.78, 5) is 4.07. The molecule has 0 radical (unpaired) electrons. The Labute approximate surface area is 75.8 Å². The summed E-state index contributed by atoms with van der Waals surface area (Å²) in [5.74, 6) is 0. The zero-order valence-corrected chi connectivity index (χ0v) is 7.37. The predicted molar refractivity (Wildman–Crippen MR) is 46.5 cm³/mol. The number of hydrogen-bond donors (Lipinski definition) is 1. The molecule has 2 N–H and O–H groups in total. The highest BCUT2D eigenvalue weighted by Gasteiger charge is 2.13. The minimum absolute atomic E-state index is 0.337. The quantitative estimate of drug-likeness (QED) is 0.784. The molecule has 0 aliphatic heterocycles. The van der Waals surface area contributed by atoms with Crippen LogP contribution in [0, 0.1) is 6.92 Å². The van der Waals surface area contributed by atoms with Gasteiger partial charge in [0, 0.05) is 12.1 Å². The molecule has 1 aromatic rings. The Kier molecular flexibility index (Phi) is 3.31. The number of halogens is 2. The summed E-state index contributed by atoms with van der Waals surface area (Å²) in [5.41, 5.74) is 6.84. The summed E-state index contributed by atoms with van der Waals surface area (Å²) < 4.78 is 23.9. The Morgan fingerprint density at radius 1 is 1.46 bits per heavy atom. The summed E-state index contributed by atoms with van der Waals surface area (Å²) in [6.07, 6.45) is -2.71. The summed E-state index contributed by atoms with van der Waals surface area (Å²) >= 11 is 0. The lowest BCUT2D eigenvalue weighted by Crippen LogP contribution is -2.15. The Hall–Kier alpha value is -1.03. The van der Waals surface area contributed by atoms with E-state index in [9.17, 15) is 8.78 Å². The van der Waals surface area contributed by atoms with Crippen molar-refractivity contribution in [3.05, 3.63) is 29.6 Å². The first-order chi connectivity index (χ1) is 6.09. The van der Waals surface area contributed by atoms with Crippen molar-refractivity contribution in [1.29, 1.82) is 0 Å². The highest BCUT2D eigenvalue weighted by atomic mass is 19.3. The predicted octanol–water partition coefficient (Wildman–Crippen LogP) is 2.05. The van der Waals surface area contributed by atoms with Crippen LogP contribution in [0.1, 0.15) is 23.9 Å². The molecule has 1 heterocycles. The molecule has 0 saturated carbocycles. The summed E-state index contributed by atoms with van der Waals surface area (Å²) in [6, 6.07) is 4.57. The summed E-state index contributed by atoms with van der Waals surface area (Å²) in [6.45, 7) is 1.80. The van der Waals surface area contributed by atoms with E-state index in [0.29, 0.717) is 5.69 Å². The van der Waals surface area contributed by atoms with Crippen LogP contribution in [0.4, 0.5) is 8.78 Å². The van der Waals surface area contributed by atoms with Crippen molar-refractivity contribution in [1.82, 2.24) is 4.98 Å². The van der Waals surface area contributed by atoms with E-state index in [-0.39, 0.29) is 6.42 Å². The lowest BCUT2D eigenvalue weighted by atomic mass is 10.1. The highest BCUT2D eigenvalue weighted by Crippen LogP contribution is 2.15. The average molecular weight is 186 g/mol. The van der Waals surface area contributed by atoms with Gasteiger partial charge >= 0.3 is 0 Å².